The number of rotatable bonds is 7. The molecule has 1 aromatic rings. The number of hydrogen-bond donors (Lipinski definition) is 0. The van der Waals surface area contributed by atoms with E-state index in [-0.39, 0.29) is 16.9 Å². The van der Waals surface area contributed by atoms with Crippen LogP contribution in [0.2, 0.25) is 0 Å². The first-order chi connectivity index (χ1) is 9.46. The molecule has 20 heavy (non-hydrogen) atoms. The molecule has 8 heteroatoms. The van der Waals surface area contributed by atoms with Crippen LogP contribution in [0.5, 0.6) is 0 Å². The molecule has 0 aliphatic carbocycles. The summed E-state index contributed by atoms with van der Waals surface area (Å²) in [6.07, 6.45) is 3.33. The molecule has 1 amide bonds. The Labute approximate surface area is 119 Å². The van der Waals surface area contributed by atoms with Crippen molar-refractivity contribution in [1.29, 1.82) is 0 Å². The van der Waals surface area contributed by atoms with Crippen LogP contribution in [0.4, 0.5) is 4.79 Å². The fourth-order valence-corrected chi connectivity index (χ4v) is 2.98. The van der Waals surface area contributed by atoms with E-state index in [9.17, 15) is 13.2 Å². The molecule has 0 bridgehead atoms. The second-order valence-electron chi connectivity index (χ2n) is 4.51. The van der Waals surface area contributed by atoms with Gasteiger partial charge in [-0.2, -0.15) is 4.68 Å². The van der Waals surface area contributed by atoms with Crippen LogP contribution >= 0.6 is 0 Å². The maximum absolute atomic E-state index is 12.1. The summed E-state index contributed by atoms with van der Waals surface area (Å²) < 4.78 is 24.9. The molecular weight excluding hydrogens is 280 g/mol. The first kappa shape index (κ1) is 16.6. The van der Waals surface area contributed by atoms with Crippen LogP contribution in [-0.4, -0.2) is 53.0 Å². The predicted octanol–water partition coefficient (Wildman–Crippen LogP) is 1.55. The molecule has 7 nitrogen and oxygen atoms in total. The van der Waals surface area contributed by atoms with Crippen molar-refractivity contribution < 1.29 is 13.2 Å². The lowest BCUT2D eigenvalue weighted by atomic mass is 10.4. The van der Waals surface area contributed by atoms with E-state index in [2.05, 4.69) is 10.1 Å². The Bertz CT molecular complexity index is 539. The van der Waals surface area contributed by atoms with Gasteiger partial charge in [-0.1, -0.05) is 20.3 Å². The second-order valence-corrected chi connectivity index (χ2v) is 6.51. The molecule has 1 heterocycles. The molecule has 0 fully saturated rings. The van der Waals surface area contributed by atoms with E-state index in [0.29, 0.717) is 19.5 Å². The summed E-state index contributed by atoms with van der Waals surface area (Å²) in [7, 11) is -3.49. The zero-order valence-electron chi connectivity index (χ0n) is 12.2. The van der Waals surface area contributed by atoms with E-state index in [1.807, 2.05) is 20.8 Å². The minimum Gasteiger partial charge on any atom is -0.323 e. The monoisotopic (exact) mass is 302 g/mol. The van der Waals surface area contributed by atoms with Crippen molar-refractivity contribution in [2.24, 2.45) is 0 Å². The lowest BCUT2D eigenvalue weighted by Gasteiger charge is -2.18. The molecule has 0 atom stereocenters. The number of carbonyl (C=O) groups excluding carboxylic acids is 1. The zero-order valence-corrected chi connectivity index (χ0v) is 13.1. The largest absolute Gasteiger partial charge is 0.346 e. The van der Waals surface area contributed by atoms with Gasteiger partial charge in [0.2, 0.25) is 9.84 Å². The van der Waals surface area contributed by atoms with Crippen molar-refractivity contribution in [3.63, 3.8) is 0 Å². The van der Waals surface area contributed by atoms with Gasteiger partial charge in [-0.15, -0.1) is 5.10 Å². The highest BCUT2D eigenvalue weighted by Crippen LogP contribution is 2.07. The van der Waals surface area contributed by atoms with Gasteiger partial charge in [-0.3, -0.25) is 0 Å². The third-order valence-electron chi connectivity index (χ3n) is 2.86. The number of unbranched alkanes of at least 4 members (excludes halogenated alkanes) is 1. The second kappa shape index (κ2) is 7.37. The van der Waals surface area contributed by atoms with Crippen molar-refractivity contribution in [3.8, 4) is 0 Å². The minimum absolute atomic E-state index is 0.00809. The topological polar surface area (TPSA) is 85.2 Å². The van der Waals surface area contributed by atoms with E-state index < -0.39 is 9.84 Å². The maximum atomic E-state index is 12.1. The average molecular weight is 302 g/mol. The van der Waals surface area contributed by atoms with Gasteiger partial charge in [0.15, 0.2) is 0 Å². The molecular formula is C12H22N4O3S. The molecule has 1 aromatic heterocycles. The van der Waals surface area contributed by atoms with Gasteiger partial charge in [0.1, 0.15) is 6.33 Å². The van der Waals surface area contributed by atoms with Crippen LogP contribution in [0.15, 0.2) is 11.5 Å². The molecule has 1 rings (SSSR count). The van der Waals surface area contributed by atoms with E-state index in [1.54, 1.807) is 4.90 Å². The fourth-order valence-electron chi connectivity index (χ4n) is 1.71. The summed E-state index contributed by atoms with van der Waals surface area (Å²) in [5.74, 6) is 0.00809. The normalized spacial score (nSPS) is 11.6. The van der Waals surface area contributed by atoms with Crippen molar-refractivity contribution in [1.82, 2.24) is 19.7 Å². The van der Waals surface area contributed by atoms with Gasteiger partial charge in [-0.05, 0) is 19.8 Å². The average Bonchev–Trinajstić information content (AvgIpc) is 2.92. The number of sulfone groups is 1. The van der Waals surface area contributed by atoms with Crippen molar-refractivity contribution in [3.05, 3.63) is 6.33 Å². The number of carbonyl (C=O) groups is 1. The maximum Gasteiger partial charge on any atom is 0.346 e. The molecule has 0 N–H and O–H groups in total. The van der Waals surface area contributed by atoms with Crippen LogP contribution in [0.25, 0.3) is 0 Å². The van der Waals surface area contributed by atoms with E-state index >= 15 is 0 Å². The van der Waals surface area contributed by atoms with E-state index in [4.69, 9.17) is 0 Å². The molecule has 114 valence electrons. The molecule has 0 saturated carbocycles. The summed E-state index contributed by atoms with van der Waals surface area (Å²) in [4.78, 5) is 17.5. The molecule has 0 radical (unpaired) electrons. The number of nitrogens with zero attached hydrogens (tertiary/aromatic N) is 4. The Hall–Kier alpha value is -1.44. The Morgan fingerprint density at radius 1 is 1.30 bits per heavy atom. The molecule has 0 saturated heterocycles. The molecule has 0 unspecified atom stereocenters. The van der Waals surface area contributed by atoms with Crippen molar-refractivity contribution in [2.75, 3.05) is 18.8 Å². The first-order valence-corrected chi connectivity index (χ1v) is 8.55. The van der Waals surface area contributed by atoms with Crippen LogP contribution in [0.1, 0.15) is 40.0 Å². The van der Waals surface area contributed by atoms with Crippen molar-refractivity contribution >= 4 is 15.9 Å². The van der Waals surface area contributed by atoms with Crippen LogP contribution in [-0.2, 0) is 9.84 Å². The third-order valence-corrected chi connectivity index (χ3v) is 4.43. The van der Waals surface area contributed by atoms with Gasteiger partial charge in [0, 0.05) is 13.1 Å². The summed E-state index contributed by atoms with van der Waals surface area (Å²) in [5.41, 5.74) is 0. The Balaban J connectivity index is 2.89. The number of aromatic nitrogens is 3. The molecule has 0 aliphatic rings. The van der Waals surface area contributed by atoms with Crippen LogP contribution < -0.4 is 0 Å². The predicted molar refractivity (Wildman–Crippen MR) is 75.3 cm³/mol. The lowest BCUT2D eigenvalue weighted by Crippen LogP contribution is -2.35. The summed E-state index contributed by atoms with van der Waals surface area (Å²) in [5, 5.41) is 3.54. The highest BCUT2D eigenvalue weighted by molar-refractivity contribution is 7.91. The first-order valence-electron chi connectivity index (χ1n) is 6.89. The Morgan fingerprint density at radius 3 is 2.55 bits per heavy atom. The molecule has 0 aromatic carbocycles. The quantitative estimate of drug-likeness (QED) is 0.763. The Kier molecular flexibility index (Phi) is 6.12. The molecule has 0 spiro atoms. The van der Waals surface area contributed by atoms with Gasteiger partial charge in [0.05, 0.1) is 5.75 Å². The van der Waals surface area contributed by atoms with Gasteiger partial charge in [-0.25, -0.2) is 18.2 Å². The zero-order chi connectivity index (χ0) is 15.2. The Morgan fingerprint density at radius 2 is 2.00 bits per heavy atom. The molecule has 0 aliphatic heterocycles. The highest BCUT2D eigenvalue weighted by Gasteiger charge is 2.22. The van der Waals surface area contributed by atoms with Gasteiger partial charge >= 0.3 is 6.03 Å². The summed E-state index contributed by atoms with van der Waals surface area (Å²) in [6, 6.07) is -0.348. The number of amides is 1. The third kappa shape index (κ3) is 4.03. The lowest BCUT2D eigenvalue weighted by molar-refractivity contribution is 0.198. The van der Waals surface area contributed by atoms with E-state index in [0.717, 1.165) is 17.5 Å². The summed E-state index contributed by atoms with van der Waals surface area (Å²) in [6.45, 7) is 6.90. The fraction of sp³-hybridized carbons (Fsp3) is 0.750. The standard InChI is InChI=1S/C12H22N4O3S/c1-4-7-9-20(18,19)11-13-10-16(14-11)12(17)15(6-3)8-5-2/h10H,4-9H2,1-3H3. The smallest absolute Gasteiger partial charge is 0.323 e. The summed E-state index contributed by atoms with van der Waals surface area (Å²) >= 11 is 0. The van der Waals surface area contributed by atoms with Gasteiger partial charge in [0.25, 0.3) is 5.16 Å². The van der Waals surface area contributed by atoms with Crippen LogP contribution in [0, 0.1) is 0 Å². The minimum atomic E-state index is -3.49. The van der Waals surface area contributed by atoms with Crippen LogP contribution in [0.3, 0.4) is 0 Å². The SMILES string of the molecule is CCCCS(=O)(=O)c1ncn(C(=O)N(CC)CCC)n1. The highest BCUT2D eigenvalue weighted by atomic mass is 32.2. The van der Waals surface area contributed by atoms with Gasteiger partial charge < -0.3 is 4.90 Å². The van der Waals surface area contributed by atoms with Crippen molar-refractivity contribution in [2.45, 2.75) is 45.2 Å². The number of hydrogen-bond acceptors (Lipinski definition) is 5. The van der Waals surface area contributed by atoms with E-state index in [1.165, 1.54) is 6.33 Å².